The second-order valence-corrected chi connectivity index (χ2v) is 3.85. The molecule has 0 spiro atoms. The van der Waals surface area contributed by atoms with Crippen molar-refractivity contribution < 1.29 is 18.5 Å². The van der Waals surface area contributed by atoms with Crippen molar-refractivity contribution in [3.8, 4) is 0 Å². The van der Waals surface area contributed by atoms with Crippen molar-refractivity contribution in [3.05, 3.63) is 30.1 Å². The van der Waals surface area contributed by atoms with Gasteiger partial charge in [-0.1, -0.05) is 6.07 Å². The summed E-state index contributed by atoms with van der Waals surface area (Å²) in [5.74, 6) is 0. The summed E-state index contributed by atoms with van der Waals surface area (Å²) in [6.07, 6.45) is 3.16. The maximum absolute atomic E-state index is 10.8. The first-order valence-corrected chi connectivity index (χ1v) is 5.05. The molecule has 0 aromatic carbocycles. The Morgan fingerprint density at radius 1 is 1.69 bits per heavy atom. The summed E-state index contributed by atoms with van der Waals surface area (Å²) in [6.45, 7) is 0.00938. The Kier molecular flexibility index (Phi) is 3.57. The zero-order valence-corrected chi connectivity index (χ0v) is 7.98. The molecule has 1 heterocycles. The van der Waals surface area contributed by atoms with Crippen LogP contribution in [-0.2, 0) is 20.2 Å². The largest absolute Gasteiger partial charge is 0.472 e. The number of hydrogen-bond donors (Lipinski definition) is 1. The van der Waals surface area contributed by atoms with Gasteiger partial charge in [0.1, 0.15) is 0 Å². The van der Waals surface area contributed by atoms with Gasteiger partial charge in [-0.25, -0.2) is 4.57 Å². The second kappa shape index (κ2) is 4.48. The van der Waals surface area contributed by atoms with Crippen LogP contribution < -0.4 is 0 Å². The fraction of sp³-hybridized carbons (Fsp3) is 0.286. The van der Waals surface area contributed by atoms with E-state index in [1.54, 1.807) is 24.5 Å². The minimum absolute atomic E-state index is 0.00938. The predicted molar refractivity (Wildman–Crippen MR) is 45.9 cm³/mol. The number of pyridine rings is 1. The van der Waals surface area contributed by atoms with Crippen molar-refractivity contribution in [3.63, 3.8) is 0 Å². The third kappa shape index (κ3) is 3.65. The molecule has 5 nitrogen and oxygen atoms in total. The van der Waals surface area contributed by atoms with Gasteiger partial charge in [-0.3, -0.25) is 14.0 Å². The molecule has 0 fully saturated rings. The summed E-state index contributed by atoms with van der Waals surface area (Å²) >= 11 is 0. The zero-order valence-electron chi connectivity index (χ0n) is 7.08. The molecular formula is C7H10NO4P. The summed E-state index contributed by atoms with van der Waals surface area (Å²) in [4.78, 5) is 12.7. The second-order valence-electron chi connectivity index (χ2n) is 2.29. The Morgan fingerprint density at radius 3 is 3.00 bits per heavy atom. The number of hydrogen-bond acceptors (Lipinski definition) is 4. The van der Waals surface area contributed by atoms with Crippen molar-refractivity contribution in [2.24, 2.45) is 0 Å². The van der Waals surface area contributed by atoms with Crippen molar-refractivity contribution >= 4 is 7.82 Å². The minimum atomic E-state index is -3.87. The van der Waals surface area contributed by atoms with E-state index < -0.39 is 7.82 Å². The molecule has 6 heteroatoms. The number of phosphoric ester groups is 1. The van der Waals surface area contributed by atoms with Gasteiger partial charge in [0.2, 0.25) is 0 Å². The SMILES string of the molecule is COP(=O)(O)OCc1cccnc1. The van der Waals surface area contributed by atoms with Gasteiger partial charge in [-0.2, -0.15) is 0 Å². The van der Waals surface area contributed by atoms with Gasteiger partial charge in [-0.15, -0.1) is 0 Å². The van der Waals surface area contributed by atoms with E-state index in [-0.39, 0.29) is 6.61 Å². The van der Waals surface area contributed by atoms with Crippen LogP contribution in [-0.4, -0.2) is 17.0 Å². The topological polar surface area (TPSA) is 68.7 Å². The first kappa shape index (κ1) is 10.3. The molecule has 0 saturated heterocycles. The Labute approximate surface area is 76.0 Å². The minimum Gasteiger partial charge on any atom is -0.302 e. The van der Waals surface area contributed by atoms with Crippen LogP contribution in [0.1, 0.15) is 5.56 Å². The van der Waals surface area contributed by atoms with Crippen LogP contribution in [0.3, 0.4) is 0 Å². The third-order valence-electron chi connectivity index (χ3n) is 1.35. The molecule has 1 aromatic heterocycles. The molecule has 0 aliphatic rings. The van der Waals surface area contributed by atoms with E-state index in [9.17, 15) is 4.57 Å². The molecule has 0 aliphatic carbocycles. The lowest BCUT2D eigenvalue weighted by atomic mass is 10.3. The Morgan fingerprint density at radius 2 is 2.46 bits per heavy atom. The van der Waals surface area contributed by atoms with E-state index in [0.717, 1.165) is 7.11 Å². The molecule has 0 saturated carbocycles. The monoisotopic (exact) mass is 203 g/mol. The van der Waals surface area contributed by atoms with E-state index in [1.165, 1.54) is 0 Å². The maximum Gasteiger partial charge on any atom is 0.472 e. The molecule has 1 atom stereocenters. The van der Waals surface area contributed by atoms with Gasteiger partial charge < -0.3 is 4.89 Å². The van der Waals surface area contributed by atoms with Crippen LogP contribution in [0, 0.1) is 0 Å². The molecule has 72 valence electrons. The summed E-state index contributed by atoms with van der Waals surface area (Å²) in [5, 5.41) is 0. The molecule has 1 rings (SSSR count). The average Bonchev–Trinajstić information content (AvgIpc) is 2.17. The molecule has 0 amide bonds. The highest BCUT2D eigenvalue weighted by Crippen LogP contribution is 2.42. The lowest BCUT2D eigenvalue weighted by Gasteiger charge is -2.08. The van der Waals surface area contributed by atoms with Crippen LogP contribution in [0.5, 0.6) is 0 Å². The lowest BCUT2D eigenvalue weighted by Crippen LogP contribution is -1.93. The van der Waals surface area contributed by atoms with Crippen LogP contribution in [0.4, 0.5) is 0 Å². The molecule has 1 N–H and O–H groups in total. The number of aromatic nitrogens is 1. The highest BCUT2D eigenvalue weighted by molar-refractivity contribution is 7.47. The van der Waals surface area contributed by atoms with Crippen LogP contribution in [0.25, 0.3) is 0 Å². The van der Waals surface area contributed by atoms with E-state index in [2.05, 4.69) is 14.0 Å². The van der Waals surface area contributed by atoms with E-state index in [4.69, 9.17) is 4.89 Å². The molecule has 1 aromatic rings. The highest BCUT2D eigenvalue weighted by atomic mass is 31.2. The summed E-state index contributed by atoms with van der Waals surface area (Å²) in [7, 11) is -2.75. The zero-order chi connectivity index (χ0) is 9.73. The van der Waals surface area contributed by atoms with Gasteiger partial charge >= 0.3 is 7.82 Å². The van der Waals surface area contributed by atoms with Gasteiger partial charge in [0.05, 0.1) is 6.61 Å². The summed E-state index contributed by atoms with van der Waals surface area (Å²) < 4.78 is 19.7. The van der Waals surface area contributed by atoms with Crippen LogP contribution >= 0.6 is 7.82 Å². The van der Waals surface area contributed by atoms with Crippen molar-refractivity contribution in [1.29, 1.82) is 0 Å². The number of rotatable bonds is 4. The number of nitrogens with zero attached hydrogens (tertiary/aromatic N) is 1. The lowest BCUT2D eigenvalue weighted by molar-refractivity contribution is 0.166. The Balaban J connectivity index is 2.49. The highest BCUT2D eigenvalue weighted by Gasteiger charge is 2.17. The molecule has 0 aliphatic heterocycles. The van der Waals surface area contributed by atoms with Crippen molar-refractivity contribution in [2.45, 2.75) is 6.61 Å². The molecule has 13 heavy (non-hydrogen) atoms. The van der Waals surface area contributed by atoms with Gasteiger partial charge in [0, 0.05) is 19.5 Å². The van der Waals surface area contributed by atoms with E-state index in [1.807, 2.05) is 0 Å². The summed E-state index contributed by atoms with van der Waals surface area (Å²) in [6, 6.07) is 3.45. The Hall–Kier alpha value is -0.740. The molecule has 0 bridgehead atoms. The first-order valence-electron chi connectivity index (χ1n) is 3.56. The first-order chi connectivity index (χ1) is 6.14. The fourth-order valence-electron chi connectivity index (χ4n) is 0.692. The molecule has 0 radical (unpaired) electrons. The normalized spacial score (nSPS) is 15.2. The smallest absolute Gasteiger partial charge is 0.302 e. The van der Waals surface area contributed by atoms with Crippen LogP contribution in [0.2, 0.25) is 0 Å². The molecule has 1 unspecified atom stereocenters. The maximum atomic E-state index is 10.8. The van der Waals surface area contributed by atoms with Gasteiger partial charge in [0.15, 0.2) is 0 Å². The van der Waals surface area contributed by atoms with Crippen molar-refractivity contribution in [1.82, 2.24) is 4.98 Å². The fourth-order valence-corrected chi connectivity index (χ4v) is 1.11. The standard InChI is InChI=1S/C7H10NO4P/c1-11-13(9,10)12-6-7-3-2-4-8-5-7/h2-5H,6H2,1H3,(H,9,10). The van der Waals surface area contributed by atoms with Crippen LogP contribution in [0.15, 0.2) is 24.5 Å². The van der Waals surface area contributed by atoms with E-state index >= 15 is 0 Å². The third-order valence-corrected chi connectivity index (χ3v) is 2.26. The predicted octanol–water partition coefficient (Wildman–Crippen LogP) is 1.34. The quantitative estimate of drug-likeness (QED) is 0.748. The average molecular weight is 203 g/mol. The Bertz CT molecular complexity index is 303. The van der Waals surface area contributed by atoms with E-state index in [0.29, 0.717) is 5.56 Å². The van der Waals surface area contributed by atoms with Gasteiger partial charge in [0.25, 0.3) is 0 Å². The molecular weight excluding hydrogens is 193 g/mol. The summed E-state index contributed by atoms with van der Waals surface area (Å²) in [5.41, 5.74) is 0.717. The number of phosphoric acid groups is 1. The van der Waals surface area contributed by atoms with Crippen molar-refractivity contribution in [2.75, 3.05) is 7.11 Å². The van der Waals surface area contributed by atoms with Gasteiger partial charge in [-0.05, 0) is 11.6 Å².